The van der Waals surface area contributed by atoms with Gasteiger partial charge in [-0.25, -0.2) is 9.67 Å². The fourth-order valence-electron chi connectivity index (χ4n) is 2.93. The molecule has 2 aromatic heterocycles. The minimum Gasteiger partial charge on any atom is -0.348 e. The van der Waals surface area contributed by atoms with Gasteiger partial charge in [0.25, 0.3) is 5.91 Å². The molecule has 0 atom stereocenters. The number of rotatable bonds is 5. The number of aromatic nitrogens is 4. The Hall–Kier alpha value is -2.89. The van der Waals surface area contributed by atoms with Crippen molar-refractivity contribution in [2.24, 2.45) is 0 Å². The number of H-pyrrole nitrogens is 1. The third-order valence-electron chi connectivity index (χ3n) is 4.57. The molecule has 142 valence electrons. The number of carbonyl (C=O) groups is 1. The molecule has 1 aromatic carbocycles. The van der Waals surface area contributed by atoms with Crippen molar-refractivity contribution in [1.29, 1.82) is 0 Å². The van der Waals surface area contributed by atoms with Crippen molar-refractivity contribution in [2.45, 2.75) is 39.5 Å². The highest BCUT2D eigenvalue weighted by atomic mass is 16.2. The van der Waals surface area contributed by atoms with E-state index >= 15 is 0 Å². The minimum atomic E-state index is -0.231. The molecule has 0 radical (unpaired) electrons. The van der Waals surface area contributed by atoms with Crippen LogP contribution >= 0.6 is 0 Å². The Morgan fingerprint density at radius 3 is 2.52 bits per heavy atom. The number of nitrogens with one attached hydrogen (secondary N) is 1. The van der Waals surface area contributed by atoms with E-state index in [-0.39, 0.29) is 11.3 Å². The van der Waals surface area contributed by atoms with Gasteiger partial charge in [-0.2, -0.15) is 5.10 Å². The maximum absolute atomic E-state index is 13.1. The number of nitrogens with zero attached hydrogens (tertiary/aromatic N) is 4. The second-order valence-electron chi connectivity index (χ2n) is 7.98. The summed E-state index contributed by atoms with van der Waals surface area (Å²) in [5.74, 6) is -0.0159. The zero-order chi connectivity index (χ0) is 19.6. The van der Waals surface area contributed by atoms with Gasteiger partial charge in [0, 0.05) is 43.5 Å². The fraction of sp³-hybridized carbons (Fsp3) is 0.381. The average Bonchev–Trinajstić information content (AvgIpc) is 3.29. The van der Waals surface area contributed by atoms with Crippen molar-refractivity contribution >= 4 is 5.91 Å². The third kappa shape index (κ3) is 4.27. The van der Waals surface area contributed by atoms with Crippen LogP contribution in [0, 0.1) is 6.92 Å². The maximum atomic E-state index is 13.1. The highest BCUT2D eigenvalue weighted by molar-refractivity contribution is 5.95. The summed E-state index contributed by atoms with van der Waals surface area (Å²) in [6, 6.07) is 8.13. The molecule has 1 N–H and O–H groups in total. The Balaban J connectivity index is 1.88. The Kier molecular flexibility index (Phi) is 5.17. The van der Waals surface area contributed by atoms with E-state index in [9.17, 15) is 4.79 Å². The number of benzene rings is 1. The summed E-state index contributed by atoms with van der Waals surface area (Å²) in [6.07, 6.45) is 6.02. The lowest BCUT2D eigenvalue weighted by Gasteiger charge is -2.20. The zero-order valence-corrected chi connectivity index (χ0v) is 16.7. The molecular formula is C21H27N5O. The summed E-state index contributed by atoms with van der Waals surface area (Å²) >= 11 is 0. The van der Waals surface area contributed by atoms with Crippen LogP contribution in [0.3, 0.4) is 0 Å². The molecule has 0 saturated heterocycles. The van der Waals surface area contributed by atoms with Crippen LogP contribution in [0.5, 0.6) is 0 Å². The smallest absolute Gasteiger partial charge is 0.257 e. The number of carbonyl (C=O) groups excluding carboxylic acids is 1. The Bertz CT molecular complexity index is 901. The molecule has 6 nitrogen and oxygen atoms in total. The van der Waals surface area contributed by atoms with Crippen LogP contribution in [0.2, 0.25) is 0 Å². The van der Waals surface area contributed by atoms with Crippen LogP contribution in [0.4, 0.5) is 0 Å². The van der Waals surface area contributed by atoms with Gasteiger partial charge in [-0.3, -0.25) is 4.79 Å². The van der Waals surface area contributed by atoms with Crippen LogP contribution in [0.15, 0.2) is 43.0 Å². The molecule has 0 unspecified atom stereocenters. The molecule has 0 fully saturated rings. The predicted octanol–water partition coefficient (Wildman–Crippen LogP) is 3.52. The molecule has 2 heterocycles. The Labute approximate surface area is 160 Å². The second kappa shape index (κ2) is 7.39. The molecule has 1 amide bonds. The topological polar surface area (TPSA) is 66.8 Å². The highest BCUT2D eigenvalue weighted by Crippen LogP contribution is 2.26. The summed E-state index contributed by atoms with van der Waals surface area (Å²) in [7, 11) is 1.83. The van der Waals surface area contributed by atoms with Crippen LogP contribution in [-0.4, -0.2) is 44.1 Å². The number of imidazole rings is 1. The van der Waals surface area contributed by atoms with Crippen LogP contribution in [0.25, 0.3) is 5.69 Å². The minimum absolute atomic E-state index is 0.0159. The first kappa shape index (κ1) is 18.9. The molecule has 6 heteroatoms. The quantitative estimate of drug-likeness (QED) is 0.752. The van der Waals surface area contributed by atoms with Crippen molar-refractivity contribution in [1.82, 2.24) is 24.6 Å². The summed E-state index contributed by atoms with van der Waals surface area (Å²) < 4.78 is 1.80. The first-order chi connectivity index (χ1) is 12.8. The van der Waals surface area contributed by atoms with Crippen molar-refractivity contribution in [2.75, 3.05) is 13.6 Å². The molecule has 27 heavy (non-hydrogen) atoms. The summed E-state index contributed by atoms with van der Waals surface area (Å²) in [6.45, 7) is 8.90. The highest BCUT2D eigenvalue weighted by Gasteiger charge is 2.28. The first-order valence-corrected chi connectivity index (χ1v) is 9.15. The molecule has 0 spiro atoms. The number of hydrogen-bond acceptors (Lipinski definition) is 3. The van der Waals surface area contributed by atoms with Crippen molar-refractivity contribution in [3.8, 4) is 5.69 Å². The van der Waals surface area contributed by atoms with Gasteiger partial charge in [0.15, 0.2) is 0 Å². The van der Waals surface area contributed by atoms with Crippen molar-refractivity contribution < 1.29 is 4.79 Å². The SMILES string of the molecule is Cc1ccc(-n2cc(C(=O)N(C)CCc3cnc[nH]3)c(C(C)(C)C)n2)cc1. The fourth-order valence-corrected chi connectivity index (χ4v) is 2.93. The van der Waals surface area contributed by atoms with E-state index < -0.39 is 0 Å². The molecule has 0 saturated carbocycles. The standard InChI is InChI=1S/C21H27N5O/c1-15-6-8-17(9-7-15)26-13-18(19(24-26)21(2,3)4)20(27)25(5)11-10-16-12-22-14-23-16/h6-9,12-14H,10-11H2,1-5H3,(H,22,23). The Morgan fingerprint density at radius 2 is 1.93 bits per heavy atom. The lowest BCUT2D eigenvalue weighted by atomic mass is 9.89. The number of amides is 1. The number of hydrogen-bond donors (Lipinski definition) is 1. The van der Waals surface area contributed by atoms with E-state index in [0.717, 1.165) is 23.5 Å². The van der Waals surface area contributed by atoms with Crippen molar-refractivity contribution in [3.63, 3.8) is 0 Å². The van der Waals surface area contributed by atoms with E-state index in [1.54, 1.807) is 22.1 Å². The zero-order valence-electron chi connectivity index (χ0n) is 16.7. The van der Waals surface area contributed by atoms with E-state index in [0.29, 0.717) is 12.1 Å². The molecule has 0 aliphatic heterocycles. The molecule has 0 aliphatic carbocycles. The molecule has 3 aromatic rings. The average molecular weight is 365 g/mol. The van der Waals surface area contributed by atoms with Crippen LogP contribution in [0.1, 0.15) is 48.1 Å². The van der Waals surface area contributed by atoms with Gasteiger partial charge in [-0.15, -0.1) is 0 Å². The largest absolute Gasteiger partial charge is 0.348 e. The Morgan fingerprint density at radius 1 is 1.22 bits per heavy atom. The van der Waals surface area contributed by atoms with Gasteiger partial charge in [0.2, 0.25) is 0 Å². The van der Waals surface area contributed by atoms with Crippen LogP contribution < -0.4 is 0 Å². The summed E-state index contributed by atoms with van der Waals surface area (Å²) in [5, 5.41) is 4.75. The first-order valence-electron chi connectivity index (χ1n) is 9.15. The summed E-state index contributed by atoms with van der Waals surface area (Å²) in [5.41, 5.74) is 4.38. The van der Waals surface area contributed by atoms with Gasteiger partial charge in [-0.05, 0) is 19.1 Å². The van der Waals surface area contributed by atoms with Crippen molar-refractivity contribution in [3.05, 3.63) is 65.5 Å². The number of aromatic amines is 1. The van der Waals surface area contributed by atoms with Gasteiger partial charge < -0.3 is 9.88 Å². The maximum Gasteiger partial charge on any atom is 0.257 e. The number of likely N-dealkylation sites (N-methyl/N-ethyl adjacent to an activating group) is 1. The third-order valence-corrected chi connectivity index (χ3v) is 4.57. The number of aryl methyl sites for hydroxylation is 1. The van der Waals surface area contributed by atoms with Crippen LogP contribution in [-0.2, 0) is 11.8 Å². The lowest BCUT2D eigenvalue weighted by Crippen LogP contribution is -2.30. The monoisotopic (exact) mass is 365 g/mol. The lowest BCUT2D eigenvalue weighted by molar-refractivity contribution is 0.0794. The molecular weight excluding hydrogens is 338 g/mol. The molecule has 0 bridgehead atoms. The normalized spacial score (nSPS) is 11.6. The predicted molar refractivity (Wildman–Crippen MR) is 106 cm³/mol. The van der Waals surface area contributed by atoms with E-state index in [4.69, 9.17) is 5.10 Å². The second-order valence-corrected chi connectivity index (χ2v) is 7.98. The van der Waals surface area contributed by atoms with E-state index in [1.165, 1.54) is 5.56 Å². The van der Waals surface area contributed by atoms with E-state index in [2.05, 4.69) is 37.7 Å². The van der Waals surface area contributed by atoms with Gasteiger partial charge >= 0.3 is 0 Å². The molecule has 3 rings (SSSR count). The van der Waals surface area contributed by atoms with Gasteiger partial charge in [0.1, 0.15) is 0 Å². The van der Waals surface area contributed by atoms with Gasteiger partial charge in [0.05, 0.1) is 23.3 Å². The summed E-state index contributed by atoms with van der Waals surface area (Å²) in [4.78, 5) is 22.0. The van der Waals surface area contributed by atoms with Gasteiger partial charge in [-0.1, -0.05) is 38.5 Å². The molecule has 0 aliphatic rings. The van der Waals surface area contributed by atoms with E-state index in [1.807, 2.05) is 37.5 Å².